The number of rotatable bonds is 6. The molecule has 0 amide bonds. The molecule has 1 N–H and O–H groups in total. The van der Waals surface area contributed by atoms with E-state index in [-0.39, 0.29) is 22.2 Å². The molecule has 2 aliphatic rings. The molecular weight excluding hydrogens is 458 g/mol. The van der Waals surface area contributed by atoms with Crippen LogP contribution in [-0.4, -0.2) is 65.2 Å². The lowest BCUT2D eigenvalue weighted by molar-refractivity contribution is 0.0730. The molecule has 1 aromatic carbocycles. The molecule has 0 unspecified atom stereocenters. The number of benzene rings is 1. The van der Waals surface area contributed by atoms with E-state index in [2.05, 4.69) is 9.97 Å². The number of ether oxygens (including phenoxy) is 2. The van der Waals surface area contributed by atoms with Crippen molar-refractivity contribution in [3.63, 3.8) is 0 Å². The lowest BCUT2D eigenvalue weighted by atomic mass is 10.1. The molecule has 0 atom stereocenters. The van der Waals surface area contributed by atoms with Crippen molar-refractivity contribution in [2.24, 2.45) is 0 Å². The Morgan fingerprint density at radius 1 is 1.21 bits per heavy atom. The van der Waals surface area contributed by atoms with Crippen LogP contribution in [0.2, 0.25) is 0 Å². The van der Waals surface area contributed by atoms with E-state index < -0.39 is 10.0 Å². The third-order valence-electron chi connectivity index (χ3n) is 6.53. The van der Waals surface area contributed by atoms with E-state index in [9.17, 15) is 13.2 Å². The predicted octanol–water partition coefficient (Wildman–Crippen LogP) is 2.47. The Kier molecular flexibility index (Phi) is 6.17. The molecule has 0 radical (unpaired) electrons. The van der Waals surface area contributed by atoms with Crippen LogP contribution in [0, 0.1) is 6.92 Å². The van der Waals surface area contributed by atoms with E-state index in [0.29, 0.717) is 55.4 Å². The minimum Gasteiger partial charge on any atom is -0.493 e. The minimum atomic E-state index is -3.74. The number of imidazole rings is 1. The van der Waals surface area contributed by atoms with Crippen LogP contribution in [0.1, 0.15) is 50.0 Å². The SMILES string of the molecule is CCOc1ccc(S(=O)(=O)N2CCOCC2)cc1-c1nn2c(C3CCCC3)nc(C)c2c(=O)[nH]1. The summed E-state index contributed by atoms with van der Waals surface area (Å²) >= 11 is 0. The van der Waals surface area contributed by atoms with Gasteiger partial charge in [0.05, 0.1) is 36.0 Å². The number of morpholine rings is 1. The second-order valence-electron chi connectivity index (χ2n) is 8.71. The Labute approximate surface area is 198 Å². The van der Waals surface area contributed by atoms with E-state index in [4.69, 9.17) is 14.6 Å². The Morgan fingerprint density at radius 3 is 2.65 bits per heavy atom. The number of hydrogen-bond donors (Lipinski definition) is 1. The summed E-state index contributed by atoms with van der Waals surface area (Å²) in [6.07, 6.45) is 4.29. The fraction of sp³-hybridized carbons (Fsp3) is 0.522. The zero-order valence-electron chi connectivity index (χ0n) is 19.4. The first kappa shape index (κ1) is 23.0. The first-order valence-electron chi connectivity index (χ1n) is 11.7. The van der Waals surface area contributed by atoms with Gasteiger partial charge in [0.2, 0.25) is 10.0 Å². The second kappa shape index (κ2) is 9.12. The van der Waals surface area contributed by atoms with Gasteiger partial charge < -0.3 is 14.5 Å². The van der Waals surface area contributed by atoms with Gasteiger partial charge in [0.1, 0.15) is 11.6 Å². The molecule has 1 saturated heterocycles. The number of aryl methyl sites for hydroxylation is 1. The van der Waals surface area contributed by atoms with Crippen molar-refractivity contribution in [2.45, 2.75) is 50.3 Å². The third-order valence-corrected chi connectivity index (χ3v) is 8.43. The molecule has 0 bridgehead atoms. The highest BCUT2D eigenvalue weighted by atomic mass is 32.2. The molecule has 3 aromatic rings. The van der Waals surface area contributed by atoms with Crippen molar-refractivity contribution in [3.8, 4) is 17.1 Å². The van der Waals surface area contributed by atoms with E-state index >= 15 is 0 Å². The van der Waals surface area contributed by atoms with Crippen LogP contribution in [0.3, 0.4) is 0 Å². The average Bonchev–Trinajstić information content (AvgIpc) is 3.48. The van der Waals surface area contributed by atoms with Crippen LogP contribution in [0.15, 0.2) is 27.9 Å². The van der Waals surface area contributed by atoms with Gasteiger partial charge in [-0.05, 0) is 44.9 Å². The molecule has 1 aliphatic heterocycles. The number of H-pyrrole nitrogens is 1. The van der Waals surface area contributed by atoms with Crippen LogP contribution in [0.4, 0.5) is 0 Å². The maximum Gasteiger partial charge on any atom is 0.277 e. The zero-order chi connectivity index (χ0) is 23.9. The summed E-state index contributed by atoms with van der Waals surface area (Å²) in [6.45, 7) is 5.35. The largest absolute Gasteiger partial charge is 0.493 e. The summed E-state index contributed by atoms with van der Waals surface area (Å²) in [6, 6.07) is 4.67. The second-order valence-corrected chi connectivity index (χ2v) is 10.6. The van der Waals surface area contributed by atoms with Gasteiger partial charge >= 0.3 is 0 Å². The molecule has 0 spiro atoms. The van der Waals surface area contributed by atoms with Gasteiger partial charge in [0.15, 0.2) is 11.3 Å². The molecular formula is C23H29N5O5S. The van der Waals surface area contributed by atoms with E-state index in [1.165, 1.54) is 16.4 Å². The molecule has 11 heteroatoms. The van der Waals surface area contributed by atoms with Crippen molar-refractivity contribution in [3.05, 3.63) is 40.1 Å². The summed E-state index contributed by atoms with van der Waals surface area (Å²) in [7, 11) is -3.74. The van der Waals surface area contributed by atoms with Crippen molar-refractivity contribution in [1.82, 2.24) is 23.9 Å². The van der Waals surface area contributed by atoms with Crippen molar-refractivity contribution in [1.29, 1.82) is 0 Å². The number of nitrogens with zero attached hydrogens (tertiary/aromatic N) is 4. The first-order valence-corrected chi connectivity index (χ1v) is 13.2. The molecule has 182 valence electrons. The Hall–Kier alpha value is -2.76. The summed E-state index contributed by atoms with van der Waals surface area (Å²) in [4.78, 5) is 20.7. The zero-order valence-corrected chi connectivity index (χ0v) is 20.2. The molecule has 3 heterocycles. The molecule has 1 aliphatic carbocycles. The van der Waals surface area contributed by atoms with Crippen LogP contribution < -0.4 is 10.3 Å². The number of nitrogens with one attached hydrogen (secondary N) is 1. The van der Waals surface area contributed by atoms with Gasteiger partial charge in [-0.15, -0.1) is 5.10 Å². The highest BCUT2D eigenvalue weighted by Gasteiger charge is 2.29. The number of fused-ring (bicyclic) bond motifs is 1. The number of sulfonamides is 1. The van der Waals surface area contributed by atoms with Crippen LogP contribution in [0.5, 0.6) is 5.75 Å². The summed E-state index contributed by atoms with van der Waals surface area (Å²) in [5.41, 5.74) is 1.15. The van der Waals surface area contributed by atoms with E-state index in [1.54, 1.807) is 10.6 Å². The fourth-order valence-electron chi connectivity index (χ4n) is 4.83. The smallest absolute Gasteiger partial charge is 0.277 e. The summed E-state index contributed by atoms with van der Waals surface area (Å²) in [5, 5.41) is 4.74. The minimum absolute atomic E-state index is 0.119. The molecule has 34 heavy (non-hydrogen) atoms. The van der Waals surface area contributed by atoms with Gasteiger partial charge in [-0.25, -0.2) is 17.9 Å². The Morgan fingerprint density at radius 2 is 1.94 bits per heavy atom. The third kappa shape index (κ3) is 4.01. The number of hydrogen-bond acceptors (Lipinski definition) is 7. The van der Waals surface area contributed by atoms with Crippen LogP contribution >= 0.6 is 0 Å². The molecule has 10 nitrogen and oxygen atoms in total. The molecule has 2 aromatic heterocycles. The topological polar surface area (TPSA) is 119 Å². The lowest BCUT2D eigenvalue weighted by Crippen LogP contribution is -2.40. The standard InChI is InChI=1S/C23H29N5O5S/c1-3-33-19-9-8-17(34(30,31)27-10-12-32-13-11-27)14-18(19)21-25-23(29)20-15(2)24-22(28(20)26-21)16-6-4-5-7-16/h8-9,14,16H,3-7,10-13H2,1-2H3,(H,25,26,29). The average molecular weight is 488 g/mol. The van der Waals surface area contributed by atoms with Gasteiger partial charge in [0.25, 0.3) is 5.56 Å². The van der Waals surface area contributed by atoms with Crippen molar-refractivity contribution >= 4 is 15.5 Å². The maximum absolute atomic E-state index is 13.3. The first-order chi connectivity index (χ1) is 16.4. The van der Waals surface area contributed by atoms with Gasteiger partial charge in [-0.3, -0.25) is 4.79 Å². The highest BCUT2D eigenvalue weighted by Crippen LogP contribution is 2.35. The molecule has 1 saturated carbocycles. The lowest BCUT2D eigenvalue weighted by Gasteiger charge is -2.26. The Balaban J connectivity index is 1.66. The maximum atomic E-state index is 13.3. The predicted molar refractivity (Wildman–Crippen MR) is 126 cm³/mol. The van der Waals surface area contributed by atoms with Gasteiger partial charge in [-0.1, -0.05) is 12.8 Å². The summed E-state index contributed by atoms with van der Waals surface area (Å²) in [5.74, 6) is 1.73. The van der Waals surface area contributed by atoms with Crippen molar-refractivity contribution < 1.29 is 17.9 Å². The number of aromatic nitrogens is 4. The van der Waals surface area contributed by atoms with Crippen LogP contribution in [-0.2, 0) is 14.8 Å². The van der Waals surface area contributed by atoms with E-state index in [0.717, 1.165) is 31.5 Å². The fourth-order valence-corrected chi connectivity index (χ4v) is 6.27. The quantitative estimate of drug-likeness (QED) is 0.567. The monoisotopic (exact) mass is 487 g/mol. The summed E-state index contributed by atoms with van der Waals surface area (Å²) < 4.78 is 40.7. The molecule has 2 fully saturated rings. The number of aromatic amines is 1. The normalized spacial score (nSPS) is 18.1. The molecule has 5 rings (SSSR count). The van der Waals surface area contributed by atoms with Crippen molar-refractivity contribution in [2.75, 3.05) is 32.9 Å². The Bertz CT molecular complexity index is 1370. The van der Waals surface area contributed by atoms with Gasteiger partial charge in [-0.2, -0.15) is 4.31 Å². The van der Waals surface area contributed by atoms with Gasteiger partial charge in [0, 0.05) is 19.0 Å². The van der Waals surface area contributed by atoms with E-state index in [1.807, 2.05) is 13.8 Å². The highest BCUT2D eigenvalue weighted by molar-refractivity contribution is 7.89. The van der Waals surface area contributed by atoms with Crippen LogP contribution in [0.25, 0.3) is 16.9 Å².